The molecule has 0 aromatic heterocycles. The van der Waals surface area contributed by atoms with Gasteiger partial charge in [-0.1, -0.05) is 0 Å². The van der Waals surface area contributed by atoms with Gasteiger partial charge in [-0.2, -0.15) is 13.2 Å². The Hall–Kier alpha value is -0.780. The van der Waals surface area contributed by atoms with Gasteiger partial charge < -0.3 is 9.64 Å². The quantitative estimate of drug-likeness (QED) is 0.719. The van der Waals surface area contributed by atoms with E-state index >= 15 is 0 Å². The highest BCUT2D eigenvalue weighted by atomic mass is 19.4. The average molecular weight is 253 g/mol. The molecule has 1 aliphatic rings. The van der Waals surface area contributed by atoms with Crippen molar-refractivity contribution in [3.05, 3.63) is 0 Å². The van der Waals surface area contributed by atoms with Gasteiger partial charge in [0.1, 0.15) is 0 Å². The maximum atomic E-state index is 12.1. The summed E-state index contributed by atoms with van der Waals surface area (Å²) in [5.41, 5.74) is 0. The second-order valence-corrected chi connectivity index (χ2v) is 4.26. The van der Waals surface area contributed by atoms with Crippen LogP contribution in [0.5, 0.6) is 0 Å². The van der Waals surface area contributed by atoms with E-state index in [4.69, 9.17) is 4.74 Å². The minimum absolute atomic E-state index is 0.0284. The zero-order valence-electron chi connectivity index (χ0n) is 9.92. The zero-order chi connectivity index (χ0) is 12.9. The first-order chi connectivity index (χ1) is 7.92. The average Bonchev–Trinajstić information content (AvgIpc) is 2.26. The van der Waals surface area contributed by atoms with Crippen LogP contribution in [0.2, 0.25) is 0 Å². The van der Waals surface area contributed by atoms with Crippen LogP contribution in [0.15, 0.2) is 0 Å². The van der Waals surface area contributed by atoms with Crippen LogP contribution in [0.3, 0.4) is 0 Å². The summed E-state index contributed by atoms with van der Waals surface area (Å²) in [6.45, 7) is 3.03. The summed E-state index contributed by atoms with van der Waals surface area (Å²) in [5.74, 6) is -0.554. The van der Waals surface area contributed by atoms with Crippen molar-refractivity contribution in [1.29, 1.82) is 0 Å². The lowest BCUT2D eigenvalue weighted by molar-refractivity contribution is -0.151. The third kappa shape index (κ3) is 5.39. The van der Waals surface area contributed by atoms with Gasteiger partial charge in [0.15, 0.2) is 0 Å². The van der Waals surface area contributed by atoms with Crippen molar-refractivity contribution in [2.75, 3.05) is 26.2 Å². The zero-order valence-corrected chi connectivity index (χ0v) is 9.92. The van der Waals surface area contributed by atoms with E-state index in [0.717, 1.165) is 6.42 Å². The molecule has 1 saturated heterocycles. The van der Waals surface area contributed by atoms with Crippen molar-refractivity contribution in [2.24, 2.45) is 5.92 Å². The standard InChI is InChI=1S/C11H18F3NO2/c1-2-17-10(16)9-4-3-6-15(8-9)7-5-11(12,13)14/h9H,2-8H2,1H3/t9-/m1/s1. The Balaban J connectivity index is 2.36. The van der Waals surface area contributed by atoms with Crippen LogP contribution in [-0.4, -0.2) is 43.3 Å². The van der Waals surface area contributed by atoms with Crippen molar-refractivity contribution in [2.45, 2.75) is 32.4 Å². The maximum absolute atomic E-state index is 12.1. The molecule has 1 aliphatic heterocycles. The number of nitrogens with zero attached hydrogens (tertiary/aromatic N) is 1. The van der Waals surface area contributed by atoms with Gasteiger partial charge in [0, 0.05) is 13.1 Å². The number of carbonyl (C=O) groups is 1. The number of esters is 1. The van der Waals surface area contributed by atoms with Gasteiger partial charge in [-0.15, -0.1) is 0 Å². The van der Waals surface area contributed by atoms with Crippen LogP contribution >= 0.6 is 0 Å². The molecular weight excluding hydrogens is 235 g/mol. The Kier molecular flexibility index (Phi) is 5.24. The third-order valence-corrected chi connectivity index (χ3v) is 2.84. The number of hydrogen-bond acceptors (Lipinski definition) is 3. The Morgan fingerprint density at radius 3 is 2.76 bits per heavy atom. The van der Waals surface area contributed by atoms with Gasteiger partial charge in [-0.25, -0.2) is 0 Å². The summed E-state index contributed by atoms with van der Waals surface area (Å²) in [5, 5.41) is 0. The first-order valence-corrected chi connectivity index (χ1v) is 5.88. The van der Waals surface area contributed by atoms with Crippen molar-refractivity contribution in [3.63, 3.8) is 0 Å². The molecular formula is C11H18F3NO2. The Labute approximate surface area is 98.9 Å². The predicted octanol–water partition coefficient (Wildman–Crippen LogP) is 2.21. The highest BCUT2D eigenvalue weighted by molar-refractivity contribution is 5.72. The predicted molar refractivity (Wildman–Crippen MR) is 56.5 cm³/mol. The second-order valence-electron chi connectivity index (χ2n) is 4.26. The molecule has 1 fully saturated rings. The molecule has 0 aliphatic carbocycles. The number of piperidine rings is 1. The molecule has 1 rings (SSSR count). The Morgan fingerprint density at radius 2 is 2.18 bits per heavy atom. The lowest BCUT2D eigenvalue weighted by atomic mass is 9.98. The molecule has 0 unspecified atom stereocenters. The topological polar surface area (TPSA) is 29.5 Å². The summed E-state index contributed by atoms with van der Waals surface area (Å²) < 4.78 is 41.1. The van der Waals surface area contributed by atoms with Crippen LogP contribution in [0.25, 0.3) is 0 Å². The summed E-state index contributed by atoms with van der Waals surface area (Å²) in [4.78, 5) is 13.2. The van der Waals surface area contributed by atoms with Crippen molar-refractivity contribution in [3.8, 4) is 0 Å². The maximum Gasteiger partial charge on any atom is 0.390 e. The summed E-state index contributed by atoms with van der Waals surface area (Å²) in [6.07, 6.45) is -3.48. The van der Waals surface area contributed by atoms with Crippen LogP contribution in [0.4, 0.5) is 13.2 Å². The van der Waals surface area contributed by atoms with E-state index in [-0.39, 0.29) is 18.4 Å². The van der Waals surface area contributed by atoms with Crippen LogP contribution in [0.1, 0.15) is 26.2 Å². The monoisotopic (exact) mass is 253 g/mol. The highest BCUT2D eigenvalue weighted by Gasteiger charge is 2.31. The molecule has 0 amide bonds. The fourth-order valence-corrected chi connectivity index (χ4v) is 2.00. The molecule has 0 N–H and O–H groups in total. The minimum atomic E-state index is -4.13. The molecule has 0 radical (unpaired) electrons. The molecule has 0 aromatic carbocycles. The number of likely N-dealkylation sites (tertiary alicyclic amines) is 1. The molecule has 1 heterocycles. The van der Waals surface area contributed by atoms with Gasteiger partial charge in [0.05, 0.1) is 18.9 Å². The largest absolute Gasteiger partial charge is 0.466 e. The fourth-order valence-electron chi connectivity index (χ4n) is 2.00. The van der Waals surface area contributed by atoms with Crippen LogP contribution < -0.4 is 0 Å². The van der Waals surface area contributed by atoms with Gasteiger partial charge in [-0.05, 0) is 26.3 Å². The first-order valence-electron chi connectivity index (χ1n) is 5.88. The SMILES string of the molecule is CCOC(=O)[C@@H]1CCCN(CCC(F)(F)F)C1. The lowest BCUT2D eigenvalue weighted by Crippen LogP contribution is -2.40. The van der Waals surface area contributed by atoms with Crippen molar-refractivity contribution >= 4 is 5.97 Å². The molecule has 0 bridgehead atoms. The van der Waals surface area contributed by atoms with E-state index in [0.29, 0.717) is 26.1 Å². The van der Waals surface area contributed by atoms with E-state index in [1.807, 2.05) is 0 Å². The molecule has 6 heteroatoms. The summed E-state index contributed by atoms with van der Waals surface area (Å²) >= 11 is 0. The third-order valence-electron chi connectivity index (χ3n) is 2.84. The first kappa shape index (κ1) is 14.3. The second kappa shape index (κ2) is 6.23. The van der Waals surface area contributed by atoms with Crippen molar-refractivity contribution in [1.82, 2.24) is 4.90 Å². The van der Waals surface area contributed by atoms with Gasteiger partial charge in [0.25, 0.3) is 0 Å². The van der Waals surface area contributed by atoms with Crippen LogP contribution in [0, 0.1) is 5.92 Å². The smallest absolute Gasteiger partial charge is 0.390 e. The number of carbonyl (C=O) groups excluding carboxylic acids is 1. The van der Waals surface area contributed by atoms with Gasteiger partial charge in [-0.3, -0.25) is 4.79 Å². The van der Waals surface area contributed by atoms with E-state index in [1.165, 1.54) is 0 Å². The normalized spacial score (nSPS) is 22.5. The van der Waals surface area contributed by atoms with E-state index in [9.17, 15) is 18.0 Å². The number of alkyl halides is 3. The van der Waals surface area contributed by atoms with E-state index in [2.05, 4.69) is 0 Å². The number of rotatable bonds is 4. The minimum Gasteiger partial charge on any atom is -0.466 e. The number of ether oxygens (including phenoxy) is 1. The summed E-state index contributed by atoms with van der Waals surface area (Å²) in [6, 6.07) is 0. The number of hydrogen-bond donors (Lipinski definition) is 0. The fraction of sp³-hybridized carbons (Fsp3) is 0.909. The Bertz CT molecular complexity index is 256. The lowest BCUT2D eigenvalue weighted by Gasteiger charge is -2.31. The Morgan fingerprint density at radius 1 is 1.47 bits per heavy atom. The molecule has 3 nitrogen and oxygen atoms in total. The molecule has 100 valence electrons. The van der Waals surface area contributed by atoms with Crippen LogP contribution in [-0.2, 0) is 9.53 Å². The van der Waals surface area contributed by atoms with E-state index < -0.39 is 12.6 Å². The van der Waals surface area contributed by atoms with Gasteiger partial charge in [0.2, 0.25) is 0 Å². The molecule has 17 heavy (non-hydrogen) atoms. The van der Waals surface area contributed by atoms with Gasteiger partial charge >= 0.3 is 12.1 Å². The summed E-state index contributed by atoms with van der Waals surface area (Å²) in [7, 11) is 0. The highest BCUT2D eigenvalue weighted by Crippen LogP contribution is 2.23. The molecule has 0 aromatic rings. The number of halogens is 3. The molecule has 1 atom stereocenters. The molecule has 0 spiro atoms. The van der Waals surface area contributed by atoms with E-state index in [1.54, 1.807) is 11.8 Å². The molecule has 0 saturated carbocycles. The van der Waals surface area contributed by atoms with Crippen molar-refractivity contribution < 1.29 is 22.7 Å².